The van der Waals surface area contributed by atoms with Crippen molar-refractivity contribution in [3.05, 3.63) is 23.2 Å². The molecule has 122 valence electrons. The number of nitrogens with one attached hydrogen (secondary N) is 1. The number of aliphatic hydroxyl groups excluding tert-OH is 1. The number of ether oxygens (including phenoxy) is 1. The van der Waals surface area contributed by atoms with Crippen molar-refractivity contribution in [1.82, 2.24) is 4.90 Å². The fraction of sp³-hybridized carbons (Fsp3) is 0.562. The van der Waals surface area contributed by atoms with Gasteiger partial charge in [0.25, 0.3) is 0 Å². The standard InChI is InChI=1S/C16H23ClN2O3/c1-11(20)12-4-3-7-19(9-12)10-16(21)18-14-8-13(17)5-6-15(14)22-2/h5-6,8,11-12,20H,3-4,7,9-10H2,1-2H3,(H,18,21). The molecule has 1 saturated heterocycles. The van der Waals surface area contributed by atoms with Crippen molar-refractivity contribution in [1.29, 1.82) is 0 Å². The topological polar surface area (TPSA) is 61.8 Å². The van der Waals surface area contributed by atoms with Crippen LogP contribution in [-0.2, 0) is 4.79 Å². The third-order valence-corrected chi connectivity index (χ3v) is 4.26. The molecule has 1 aromatic rings. The highest BCUT2D eigenvalue weighted by molar-refractivity contribution is 6.31. The minimum Gasteiger partial charge on any atom is -0.495 e. The number of carbonyl (C=O) groups is 1. The summed E-state index contributed by atoms with van der Waals surface area (Å²) < 4.78 is 5.22. The molecule has 2 atom stereocenters. The molecule has 2 rings (SSSR count). The average molecular weight is 327 g/mol. The number of benzene rings is 1. The molecule has 1 fully saturated rings. The van der Waals surface area contributed by atoms with Gasteiger partial charge < -0.3 is 15.2 Å². The maximum Gasteiger partial charge on any atom is 0.238 e. The van der Waals surface area contributed by atoms with Crippen LogP contribution in [0.25, 0.3) is 0 Å². The number of piperidine rings is 1. The van der Waals surface area contributed by atoms with Gasteiger partial charge in [0.05, 0.1) is 25.4 Å². The van der Waals surface area contributed by atoms with E-state index in [1.54, 1.807) is 25.3 Å². The quantitative estimate of drug-likeness (QED) is 0.872. The molecule has 1 heterocycles. The second-order valence-corrected chi connectivity index (χ2v) is 6.21. The average Bonchev–Trinajstić information content (AvgIpc) is 2.47. The normalized spacial score (nSPS) is 20.5. The fourth-order valence-electron chi connectivity index (χ4n) is 2.80. The van der Waals surface area contributed by atoms with E-state index in [1.807, 2.05) is 6.92 Å². The first-order chi connectivity index (χ1) is 10.5. The molecule has 1 aliphatic heterocycles. The molecule has 22 heavy (non-hydrogen) atoms. The molecule has 0 aromatic heterocycles. The molecular weight excluding hydrogens is 304 g/mol. The third kappa shape index (κ3) is 4.60. The molecule has 6 heteroatoms. The summed E-state index contributed by atoms with van der Waals surface area (Å²) in [5, 5.41) is 13.1. The van der Waals surface area contributed by atoms with Gasteiger partial charge in [0.2, 0.25) is 5.91 Å². The molecule has 0 radical (unpaired) electrons. The van der Waals surface area contributed by atoms with Crippen LogP contribution in [0, 0.1) is 5.92 Å². The number of halogens is 1. The molecule has 1 aliphatic rings. The van der Waals surface area contributed by atoms with Crippen LogP contribution in [0.5, 0.6) is 5.75 Å². The van der Waals surface area contributed by atoms with E-state index >= 15 is 0 Å². The summed E-state index contributed by atoms with van der Waals surface area (Å²) in [4.78, 5) is 14.3. The Morgan fingerprint density at radius 3 is 3.05 bits per heavy atom. The fourth-order valence-corrected chi connectivity index (χ4v) is 2.97. The Hall–Kier alpha value is -1.30. The Kier molecular flexibility index (Phi) is 6.06. The van der Waals surface area contributed by atoms with Gasteiger partial charge in [0.15, 0.2) is 0 Å². The lowest BCUT2D eigenvalue weighted by Crippen LogP contribution is -2.43. The first-order valence-corrected chi connectivity index (χ1v) is 7.91. The number of amides is 1. The first-order valence-electron chi connectivity index (χ1n) is 7.53. The van der Waals surface area contributed by atoms with Crippen LogP contribution in [0.3, 0.4) is 0 Å². The summed E-state index contributed by atoms with van der Waals surface area (Å²) in [6.45, 7) is 3.74. The number of likely N-dealkylation sites (tertiary alicyclic amines) is 1. The lowest BCUT2D eigenvalue weighted by atomic mass is 9.93. The summed E-state index contributed by atoms with van der Waals surface area (Å²) in [7, 11) is 1.55. The second-order valence-electron chi connectivity index (χ2n) is 5.77. The van der Waals surface area contributed by atoms with Gasteiger partial charge in [-0.05, 0) is 50.4 Å². The van der Waals surface area contributed by atoms with Gasteiger partial charge in [0.1, 0.15) is 5.75 Å². The highest BCUT2D eigenvalue weighted by Gasteiger charge is 2.24. The van der Waals surface area contributed by atoms with E-state index < -0.39 is 0 Å². The summed E-state index contributed by atoms with van der Waals surface area (Å²) in [6, 6.07) is 5.11. The summed E-state index contributed by atoms with van der Waals surface area (Å²) in [6.07, 6.45) is 1.68. The molecular formula is C16H23ClN2O3. The minimum atomic E-state index is -0.334. The number of methoxy groups -OCH3 is 1. The molecule has 0 bridgehead atoms. The lowest BCUT2D eigenvalue weighted by Gasteiger charge is -2.33. The van der Waals surface area contributed by atoms with Crippen molar-refractivity contribution in [3.8, 4) is 5.75 Å². The molecule has 2 N–H and O–H groups in total. The summed E-state index contributed by atoms with van der Waals surface area (Å²) >= 11 is 5.96. The number of hydrogen-bond donors (Lipinski definition) is 2. The van der Waals surface area contributed by atoms with Crippen LogP contribution in [-0.4, -0.2) is 48.8 Å². The van der Waals surface area contributed by atoms with E-state index in [0.29, 0.717) is 23.0 Å². The SMILES string of the molecule is COc1ccc(Cl)cc1NC(=O)CN1CCCC(C(C)O)C1. The van der Waals surface area contributed by atoms with Crippen LogP contribution < -0.4 is 10.1 Å². The summed E-state index contributed by atoms with van der Waals surface area (Å²) in [5.41, 5.74) is 0.573. The third-order valence-electron chi connectivity index (χ3n) is 4.03. The van der Waals surface area contributed by atoms with Crippen LogP contribution in [0.2, 0.25) is 5.02 Å². The van der Waals surface area contributed by atoms with E-state index in [2.05, 4.69) is 10.2 Å². The number of anilines is 1. The van der Waals surface area contributed by atoms with Crippen molar-refractivity contribution in [2.24, 2.45) is 5.92 Å². The zero-order chi connectivity index (χ0) is 16.1. The molecule has 0 aliphatic carbocycles. The second kappa shape index (κ2) is 7.81. The highest BCUT2D eigenvalue weighted by atomic mass is 35.5. The predicted octanol–water partition coefficient (Wildman–Crippen LogP) is 2.38. The van der Waals surface area contributed by atoms with Gasteiger partial charge in [-0.2, -0.15) is 0 Å². The van der Waals surface area contributed by atoms with Crippen LogP contribution in [0.4, 0.5) is 5.69 Å². The van der Waals surface area contributed by atoms with E-state index in [1.165, 1.54) is 0 Å². The zero-order valence-corrected chi connectivity index (χ0v) is 13.8. The van der Waals surface area contributed by atoms with Gasteiger partial charge >= 0.3 is 0 Å². The van der Waals surface area contributed by atoms with E-state index in [0.717, 1.165) is 25.9 Å². The van der Waals surface area contributed by atoms with Gasteiger partial charge in [-0.1, -0.05) is 11.6 Å². The monoisotopic (exact) mass is 326 g/mol. The maximum atomic E-state index is 12.2. The highest BCUT2D eigenvalue weighted by Crippen LogP contribution is 2.27. The van der Waals surface area contributed by atoms with Crippen molar-refractivity contribution >= 4 is 23.2 Å². The van der Waals surface area contributed by atoms with Gasteiger partial charge in [0, 0.05) is 11.6 Å². The molecule has 1 aromatic carbocycles. The Morgan fingerprint density at radius 1 is 1.59 bits per heavy atom. The van der Waals surface area contributed by atoms with Gasteiger partial charge in [-0.25, -0.2) is 0 Å². The molecule has 0 spiro atoms. The number of carbonyl (C=O) groups excluding carboxylic acids is 1. The number of rotatable bonds is 5. The first kappa shape index (κ1) is 17.1. The number of aliphatic hydroxyl groups is 1. The lowest BCUT2D eigenvalue weighted by molar-refractivity contribution is -0.118. The van der Waals surface area contributed by atoms with Crippen LogP contribution >= 0.6 is 11.6 Å². The Morgan fingerprint density at radius 2 is 2.36 bits per heavy atom. The Balaban J connectivity index is 1.94. The van der Waals surface area contributed by atoms with Crippen molar-refractivity contribution in [3.63, 3.8) is 0 Å². The Labute approximate surface area is 136 Å². The molecule has 5 nitrogen and oxygen atoms in total. The van der Waals surface area contributed by atoms with Crippen molar-refractivity contribution < 1.29 is 14.6 Å². The smallest absolute Gasteiger partial charge is 0.238 e. The molecule has 0 saturated carbocycles. The van der Waals surface area contributed by atoms with Crippen LogP contribution in [0.15, 0.2) is 18.2 Å². The largest absolute Gasteiger partial charge is 0.495 e. The molecule has 2 unspecified atom stereocenters. The van der Waals surface area contributed by atoms with Crippen LogP contribution in [0.1, 0.15) is 19.8 Å². The Bertz CT molecular complexity index is 522. The van der Waals surface area contributed by atoms with E-state index in [-0.39, 0.29) is 17.9 Å². The maximum absolute atomic E-state index is 12.2. The minimum absolute atomic E-state index is 0.105. The van der Waals surface area contributed by atoms with Crippen molar-refractivity contribution in [2.75, 3.05) is 32.1 Å². The van der Waals surface area contributed by atoms with Gasteiger partial charge in [-0.3, -0.25) is 9.69 Å². The zero-order valence-electron chi connectivity index (χ0n) is 13.0. The van der Waals surface area contributed by atoms with Crippen molar-refractivity contribution in [2.45, 2.75) is 25.9 Å². The summed E-state index contributed by atoms with van der Waals surface area (Å²) in [5.74, 6) is 0.715. The van der Waals surface area contributed by atoms with E-state index in [4.69, 9.17) is 16.3 Å². The van der Waals surface area contributed by atoms with E-state index in [9.17, 15) is 9.90 Å². The number of hydrogen-bond acceptors (Lipinski definition) is 4. The molecule has 1 amide bonds. The predicted molar refractivity (Wildman–Crippen MR) is 87.5 cm³/mol. The number of nitrogens with zero attached hydrogens (tertiary/aromatic N) is 1. The van der Waals surface area contributed by atoms with Gasteiger partial charge in [-0.15, -0.1) is 0 Å².